The molecule has 0 spiro atoms. The number of carbonyl (C=O) groups is 1. The Morgan fingerprint density at radius 1 is 1.18 bits per heavy atom. The minimum atomic E-state index is 0.0494. The van der Waals surface area contributed by atoms with Gasteiger partial charge in [-0.1, -0.05) is 6.07 Å². The minimum Gasteiger partial charge on any atom is -0.349 e. The lowest BCUT2D eigenvalue weighted by Gasteiger charge is -2.34. The van der Waals surface area contributed by atoms with Gasteiger partial charge in [-0.2, -0.15) is 0 Å². The predicted octanol–water partition coefficient (Wildman–Crippen LogP) is 0.976. The van der Waals surface area contributed by atoms with Gasteiger partial charge in [0, 0.05) is 44.0 Å². The molecule has 3 rings (SSSR count). The maximum absolute atomic E-state index is 12.0. The second-order valence-corrected chi connectivity index (χ2v) is 6.05. The summed E-state index contributed by atoms with van der Waals surface area (Å²) in [5, 5.41) is 5.98. The summed E-state index contributed by atoms with van der Waals surface area (Å²) in [7, 11) is 0. The molecule has 0 aliphatic carbocycles. The average molecular weight is 317 g/mol. The van der Waals surface area contributed by atoms with Crippen LogP contribution in [-0.4, -0.2) is 53.5 Å². The molecule has 3 heterocycles. The van der Waals surface area contributed by atoms with E-state index < -0.39 is 0 Å². The number of pyridine rings is 1. The molecule has 22 heavy (non-hydrogen) atoms. The lowest BCUT2D eigenvalue weighted by molar-refractivity contribution is -0.122. The second kappa shape index (κ2) is 7.33. The minimum absolute atomic E-state index is 0.0494. The smallest absolute Gasteiger partial charge is 0.234 e. The number of amides is 1. The topological polar surface area (TPSA) is 61.4 Å². The molecule has 1 aliphatic heterocycles. The summed E-state index contributed by atoms with van der Waals surface area (Å²) in [6.07, 6.45) is 3.57. The Balaban J connectivity index is 1.40. The third-order valence-electron chi connectivity index (χ3n) is 3.62. The van der Waals surface area contributed by atoms with E-state index in [-0.39, 0.29) is 5.91 Å². The number of thiazole rings is 1. The molecule has 2 aromatic rings. The van der Waals surface area contributed by atoms with E-state index in [0.717, 1.165) is 37.0 Å². The number of nitrogens with zero attached hydrogens (tertiary/aromatic N) is 4. The van der Waals surface area contributed by atoms with Crippen LogP contribution in [0.3, 0.4) is 0 Å². The maximum atomic E-state index is 12.0. The normalized spacial score (nSPS) is 15.7. The van der Waals surface area contributed by atoms with Crippen molar-refractivity contribution in [1.29, 1.82) is 0 Å². The maximum Gasteiger partial charge on any atom is 0.234 e. The summed E-state index contributed by atoms with van der Waals surface area (Å²) in [6.45, 7) is 4.53. The third-order valence-corrected chi connectivity index (χ3v) is 4.45. The van der Waals surface area contributed by atoms with Crippen LogP contribution in [0, 0.1) is 0 Å². The van der Waals surface area contributed by atoms with Crippen LogP contribution in [0.1, 0.15) is 5.69 Å². The van der Waals surface area contributed by atoms with Crippen molar-refractivity contribution >= 4 is 22.4 Å². The van der Waals surface area contributed by atoms with Crippen LogP contribution in [0.25, 0.3) is 0 Å². The number of aromatic nitrogens is 2. The zero-order valence-electron chi connectivity index (χ0n) is 12.3. The molecule has 7 heteroatoms. The molecule has 0 saturated carbocycles. The first kappa shape index (κ1) is 14.9. The fraction of sp³-hybridized carbons (Fsp3) is 0.400. The van der Waals surface area contributed by atoms with Gasteiger partial charge in [0.1, 0.15) is 0 Å². The van der Waals surface area contributed by atoms with Gasteiger partial charge < -0.3 is 10.2 Å². The van der Waals surface area contributed by atoms with Crippen LogP contribution in [-0.2, 0) is 11.3 Å². The third kappa shape index (κ3) is 4.02. The summed E-state index contributed by atoms with van der Waals surface area (Å²) < 4.78 is 0. The monoisotopic (exact) mass is 317 g/mol. The Bertz CT molecular complexity index is 581. The van der Waals surface area contributed by atoms with Gasteiger partial charge >= 0.3 is 0 Å². The molecule has 6 nitrogen and oxygen atoms in total. The van der Waals surface area contributed by atoms with Crippen LogP contribution < -0.4 is 10.2 Å². The Hall–Kier alpha value is -1.99. The van der Waals surface area contributed by atoms with Gasteiger partial charge in [-0.05, 0) is 12.1 Å². The molecular weight excluding hydrogens is 298 g/mol. The van der Waals surface area contributed by atoms with Gasteiger partial charge in [0.15, 0.2) is 5.13 Å². The molecule has 1 aliphatic rings. The molecule has 1 fully saturated rings. The first-order valence-corrected chi connectivity index (χ1v) is 8.22. The van der Waals surface area contributed by atoms with E-state index in [1.165, 1.54) is 0 Å². The summed E-state index contributed by atoms with van der Waals surface area (Å²) in [5.41, 5.74) is 0.879. The zero-order valence-corrected chi connectivity index (χ0v) is 13.1. The van der Waals surface area contributed by atoms with Crippen molar-refractivity contribution < 1.29 is 4.79 Å². The highest BCUT2D eigenvalue weighted by Gasteiger charge is 2.20. The van der Waals surface area contributed by atoms with E-state index in [1.54, 1.807) is 17.5 Å². The van der Waals surface area contributed by atoms with E-state index in [4.69, 9.17) is 0 Å². The fourth-order valence-electron chi connectivity index (χ4n) is 2.42. The van der Waals surface area contributed by atoms with Gasteiger partial charge in [-0.3, -0.25) is 14.7 Å². The van der Waals surface area contributed by atoms with Crippen molar-refractivity contribution in [2.45, 2.75) is 6.54 Å². The SMILES string of the molecule is O=C(CN1CCN(c2nccs2)CC1)NCc1ccccn1. The van der Waals surface area contributed by atoms with Crippen molar-refractivity contribution in [1.82, 2.24) is 20.2 Å². The van der Waals surface area contributed by atoms with Crippen LogP contribution in [0.4, 0.5) is 5.13 Å². The van der Waals surface area contributed by atoms with Crippen molar-refractivity contribution in [2.75, 3.05) is 37.6 Å². The zero-order chi connectivity index (χ0) is 15.2. The number of anilines is 1. The van der Waals surface area contributed by atoms with Crippen LogP contribution in [0.2, 0.25) is 0 Å². The van der Waals surface area contributed by atoms with Crippen molar-refractivity contribution in [3.63, 3.8) is 0 Å². The van der Waals surface area contributed by atoms with E-state index >= 15 is 0 Å². The van der Waals surface area contributed by atoms with Gasteiger partial charge in [0.05, 0.1) is 18.8 Å². The highest BCUT2D eigenvalue weighted by atomic mass is 32.1. The van der Waals surface area contributed by atoms with E-state index in [1.807, 2.05) is 29.8 Å². The summed E-state index contributed by atoms with van der Waals surface area (Å²) >= 11 is 1.66. The lowest BCUT2D eigenvalue weighted by Crippen LogP contribution is -2.49. The second-order valence-electron chi connectivity index (χ2n) is 5.18. The highest BCUT2D eigenvalue weighted by Crippen LogP contribution is 2.18. The molecule has 0 radical (unpaired) electrons. The number of nitrogens with one attached hydrogen (secondary N) is 1. The van der Waals surface area contributed by atoms with Crippen LogP contribution in [0.15, 0.2) is 36.0 Å². The summed E-state index contributed by atoms with van der Waals surface area (Å²) in [4.78, 5) is 25.0. The number of hydrogen-bond acceptors (Lipinski definition) is 6. The van der Waals surface area contributed by atoms with Crippen molar-refractivity contribution in [2.24, 2.45) is 0 Å². The first-order valence-electron chi connectivity index (χ1n) is 7.34. The van der Waals surface area contributed by atoms with Gasteiger partial charge in [0.25, 0.3) is 0 Å². The standard InChI is InChI=1S/C15H19N5OS/c21-14(18-11-13-3-1-2-4-16-13)12-19-6-8-20(9-7-19)15-17-5-10-22-15/h1-5,10H,6-9,11-12H2,(H,18,21). The molecule has 1 amide bonds. The largest absolute Gasteiger partial charge is 0.349 e. The van der Waals surface area contributed by atoms with Crippen molar-refractivity contribution in [3.05, 3.63) is 41.7 Å². The Morgan fingerprint density at radius 2 is 2.05 bits per heavy atom. The van der Waals surface area contributed by atoms with E-state index in [9.17, 15) is 4.79 Å². The number of hydrogen-bond donors (Lipinski definition) is 1. The molecular formula is C15H19N5OS. The Morgan fingerprint density at radius 3 is 2.73 bits per heavy atom. The predicted molar refractivity (Wildman–Crippen MR) is 86.9 cm³/mol. The molecule has 0 aromatic carbocycles. The molecule has 0 bridgehead atoms. The number of carbonyl (C=O) groups excluding carboxylic acids is 1. The lowest BCUT2D eigenvalue weighted by atomic mass is 10.3. The average Bonchev–Trinajstić information content (AvgIpc) is 3.09. The molecule has 1 N–H and O–H groups in total. The number of rotatable bonds is 5. The fourth-order valence-corrected chi connectivity index (χ4v) is 3.12. The van der Waals surface area contributed by atoms with E-state index in [2.05, 4.69) is 25.1 Å². The van der Waals surface area contributed by atoms with Crippen LogP contribution in [0.5, 0.6) is 0 Å². The number of piperazine rings is 1. The van der Waals surface area contributed by atoms with Crippen LogP contribution >= 0.6 is 11.3 Å². The molecule has 116 valence electrons. The first-order chi connectivity index (χ1) is 10.8. The quantitative estimate of drug-likeness (QED) is 0.891. The molecule has 1 saturated heterocycles. The highest BCUT2D eigenvalue weighted by molar-refractivity contribution is 7.13. The Labute approximate surface area is 133 Å². The molecule has 0 atom stereocenters. The summed E-state index contributed by atoms with van der Waals surface area (Å²) in [5.74, 6) is 0.0494. The Kier molecular flexibility index (Phi) is 4.97. The molecule has 2 aromatic heterocycles. The molecule has 0 unspecified atom stereocenters. The van der Waals surface area contributed by atoms with Gasteiger partial charge in [-0.25, -0.2) is 4.98 Å². The summed E-state index contributed by atoms with van der Waals surface area (Å²) in [6, 6.07) is 5.70. The van der Waals surface area contributed by atoms with Gasteiger partial charge in [0.2, 0.25) is 5.91 Å². The van der Waals surface area contributed by atoms with Gasteiger partial charge in [-0.15, -0.1) is 11.3 Å². The van der Waals surface area contributed by atoms with Crippen molar-refractivity contribution in [3.8, 4) is 0 Å². The van der Waals surface area contributed by atoms with E-state index in [0.29, 0.717) is 13.1 Å².